The van der Waals surface area contributed by atoms with Crippen LogP contribution in [-0.4, -0.2) is 12.1 Å². The molecule has 0 unspecified atom stereocenters. The summed E-state index contributed by atoms with van der Waals surface area (Å²) in [4.78, 5) is 4.63. The highest BCUT2D eigenvalue weighted by molar-refractivity contribution is 5.86. The van der Waals surface area contributed by atoms with Gasteiger partial charge in [0.05, 0.1) is 12.8 Å². The second kappa shape index (κ2) is 5.26. The van der Waals surface area contributed by atoms with Gasteiger partial charge in [0.1, 0.15) is 11.6 Å². The van der Waals surface area contributed by atoms with Crippen molar-refractivity contribution in [3.05, 3.63) is 71.3 Å². The Labute approximate surface area is 134 Å². The van der Waals surface area contributed by atoms with Gasteiger partial charge in [0.25, 0.3) is 0 Å². The molecule has 0 N–H and O–H groups in total. The molecule has 0 bridgehead atoms. The molecule has 3 aromatic rings. The van der Waals surface area contributed by atoms with E-state index in [9.17, 15) is 5.26 Å². The quantitative estimate of drug-likeness (QED) is 0.557. The Morgan fingerprint density at radius 3 is 2.52 bits per heavy atom. The lowest BCUT2D eigenvalue weighted by Gasteiger charge is -2.13. The highest BCUT2D eigenvalue weighted by atomic mass is 16.5. The topological polar surface area (TPSA) is 45.9 Å². The number of rotatable bonds is 2. The highest BCUT2D eigenvalue weighted by Crippen LogP contribution is 2.44. The second-order valence-electron chi connectivity index (χ2n) is 5.51. The molecular weight excluding hydrogens is 284 g/mol. The molecule has 0 atom stereocenters. The molecule has 1 aliphatic rings. The van der Waals surface area contributed by atoms with Gasteiger partial charge >= 0.3 is 0 Å². The molecule has 0 amide bonds. The third-order valence-corrected chi connectivity index (χ3v) is 4.27. The van der Waals surface area contributed by atoms with Gasteiger partial charge in [0, 0.05) is 17.5 Å². The summed E-state index contributed by atoms with van der Waals surface area (Å²) in [5.74, 6) is 0.391. The van der Waals surface area contributed by atoms with Gasteiger partial charge < -0.3 is 4.74 Å². The van der Waals surface area contributed by atoms with Crippen molar-refractivity contribution >= 4 is 0 Å². The van der Waals surface area contributed by atoms with E-state index in [0.717, 1.165) is 34.4 Å². The molecule has 4 rings (SSSR count). The fraction of sp³-hybridized carbons (Fsp3) is 0.100. The normalized spacial score (nSPS) is 11.5. The fourth-order valence-electron chi connectivity index (χ4n) is 3.27. The zero-order valence-corrected chi connectivity index (χ0v) is 12.7. The van der Waals surface area contributed by atoms with Gasteiger partial charge in [-0.25, -0.2) is 4.98 Å². The lowest BCUT2D eigenvalue weighted by atomic mass is 9.94. The first kappa shape index (κ1) is 13.5. The summed E-state index contributed by atoms with van der Waals surface area (Å²) >= 11 is 0. The molecule has 1 aliphatic carbocycles. The Kier molecular flexibility index (Phi) is 3.09. The van der Waals surface area contributed by atoms with Crippen molar-refractivity contribution in [1.82, 2.24) is 4.98 Å². The lowest BCUT2D eigenvalue weighted by molar-refractivity contribution is 0.397. The standard InChI is InChI=1S/C20H14N2O/c1-23-20-17(12-21)18(13-7-3-2-4-8-13)16-11-14-9-5-6-10-15(14)19(16)22-20/h2-10H,11H2,1H3. The molecule has 1 aromatic heterocycles. The van der Waals surface area contributed by atoms with Gasteiger partial charge in [0.15, 0.2) is 0 Å². The summed E-state index contributed by atoms with van der Waals surface area (Å²) in [5, 5.41) is 9.67. The van der Waals surface area contributed by atoms with Gasteiger partial charge in [-0.15, -0.1) is 0 Å². The van der Waals surface area contributed by atoms with E-state index >= 15 is 0 Å². The van der Waals surface area contributed by atoms with Crippen molar-refractivity contribution in [1.29, 1.82) is 5.26 Å². The number of methoxy groups -OCH3 is 1. The number of pyridine rings is 1. The van der Waals surface area contributed by atoms with Crippen LogP contribution in [0.2, 0.25) is 0 Å². The third-order valence-electron chi connectivity index (χ3n) is 4.27. The first-order valence-electron chi connectivity index (χ1n) is 7.48. The maximum atomic E-state index is 9.67. The van der Waals surface area contributed by atoms with Crippen LogP contribution in [0.15, 0.2) is 54.6 Å². The van der Waals surface area contributed by atoms with Gasteiger partial charge in [-0.2, -0.15) is 5.26 Å². The molecule has 110 valence electrons. The van der Waals surface area contributed by atoms with Gasteiger partial charge in [0.2, 0.25) is 5.88 Å². The Bertz CT molecular complexity index is 940. The van der Waals surface area contributed by atoms with E-state index in [1.807, 2.05) is 42.5 Å². The smallest absolute Gasteiger partial charge is 0.232 e. The first-order chi connectivity index (χ1) is 11.3. The van der Waals surface area contributed by atoms with Crippen LogP contribution in [0, 0.1) is 11.3 Å². The van der Waals surface area contributed by atoms with Crippen molar-refractivity contribution in [2.24, 2.45) is 0 Å². The average Bonchev–Trinajstić information content (AvgIpc) is 2.98. The molecule has 23 heavy (non-hydrogen) atoms. The lowest BCUT2D eigenvalue weighted by Crippen LogP contribution is -2.00. The van der Waals surface area contributed by atoms with Gasteiger partial charge in [-0.3, -0.25) is 0 Å². The number of hydrogen-bond acceptors (Lipinski definition) is 3. The Morgan fingerprint density at radius 1 is 1.04 bits per heavy atom. The number of hydrogen-bond donors (Lipinski definition) is 0. The van der Waals surface area contributed by atoms with Gasteiger partial charge in [-0.1, -0.05) is 54.6 Å². The molecule has 3 nitrogen and oxygen atoms in total. The monoisotopic (exact) mass is 298 g/mol. The maximum absolute atomic E-state index is 9.67. The number of ether oxygens (including phenoxy) is 1. The molecule has 0 spiro atoms. The van der Waals surface area contributed by atoms with E-state index in [4.69, 9.17) is 4.74 Å². The van der Waals surface area contributed by atoms with E-state index in [2.05, 4.69) is 23.2 Å². The molecule has 0 aliphatic heterocycles. The largest absolute Gasteiger partial charge is 0.480 e. The zero-order valence-electron chi connectivity index (χ0n) is 12.7. The summed E-state index contributed by atoms with van der Waals surface area (Å²) in [5.41, 5.74) is 6.86. The SMILES string of the molecule is COc1nc2c(c(-c3ccccc3)c1C#N)Cc1ccccc1-2. The molecule has 0 saturated heterocycles. The third kappa shape index (κ3) is 2.00. The molecule has 3 heteroatoms. The van der Waals surface area contributed by atoms with Crippen LogP contribution < -0.4 is 4.74 Å². The van der Waals surface area contributed by atoms with Crippen LogP contribution in [0.25, 0.3) is 22.4 Å². The molecule has 1 heterocycles. The molecule has 0 radical (unpaired) electrons. The van der Waals surface area contributed by atoms with Crippen molar-refractivity contribution < 1.29 is 4.74 Å². The van der Waals surface area contributed by atoms with Crippen LogP contribution in [0.3, 0.4) is 0 Å². The van der Waals surface area contributed by atoms with Crippen LogP contribution in [0.5, 0.6) is 5.88 Å². The summed E-state index contributed by atoms with van der Waals surface area (Å²) in [7, 11) is 1.56. The molecule has 2 aromatic carbocycles. The van der Waals surface area contributed by atoms with E-state index in [-0.39, 0.29) is 0 Å². The minimum absolute atomic E-state index is 0.391. The molecular formula is C20H14N2O. The van der Waals surface area contributed by atoms with Crippen LogP contribution >= 0.6 is 0 Å². The number of aromatic nitrogens is 1. The van der Waals surface area contributed by atoms with Crippen LogP contribution in [-0.2, 0) is 6.42 Å². The van der Waals surface area contributed by atoms with E-state index in [1.165, 1.54) is 5.56 Å². The maximum Gasteiger partial charge on any atom is 0.232 e. The van der Waals surface area contributed by atoms with Crippen molar-refractivity contribution in [2.45, 2.75) is 6.42 Å². The van der Waals surface area contributed by atoms with E-state index in [0.29, 0.717) is 11.4 Å². The predicted octanol–water partition coefficient (Wildman–Crippen LogP) is 4.20. The van der Waals surface area contributed by atoms with E-state index < -0.39 is 0 Å². The Balaban J connectivity index is 2.08. The number of fused-ring (bicyclic) bond motifs is 3. The first-order valence-corrected chi connectivity index (χ1v) is 7.48. The Hall–Kier alpha value is -3.12. The van der Waals surface area contributed by atoms with Crippen molar-refractivity contribution in [3.63, 3.8) is 0 Å². The second-order valence-corrected chi connectivity index (χ2v) is 5.51. The average molecular weight is 298 g/mol. The minimum atomic E-state index is 0.391. The van der Waals surface area contributed by atoms with E-state index in [1.54, 1.807) is 7.11 Å². The van der Waals surface area contributed by atoms with Crippen LogP contribution in [0.1, 0.15) is 16.7 Å². The summed E-state index contributed by atoms with van der Waals surface area (Å²) in [6, 6.07) is 20.5. The molecule has 0 saturated carbocycles. The van der Waals surface area contributed by atoms with Gasteiger partial charge in [-0.05, 0) is 16.7 Å². The number of nitriles is 1. The highest BCUT2D eigenvalue weighted by Gasteiger charge is 2.28. The van der Waals surface area contributed by atoms with Crippen molar-refractivity contribution in [3.8, 4) is 34.3 Å². The molecule has 0 fully saturated rings. The summed E-state index contributed by atoms with van der Waals surface area (Å²) in [6.07, 6.45) is 0.793. The summed E-state index contributed by atoms with van der Waals surface area (Å²) in [6.45, 7) is 0. The van der Waals surface area contributed by atoms with Crippen LogP contribution in [0.4, 0.5) is 0 Å². The number of benzene rings is 2. The summed E-state index contributed by atoms with van der Waals surface area (Å²) < 4.78 is 5.41. The Morgan fingerprint density at radius 2 is 1.78 bits per heavy atom. The fourth-order valence-corrected chi connectivity index (χ4v) is 3.27. The zero-order chi connectivity index (χ0) is 15.8. The van der Waals surface area contributed by atoms with Crippen molar-refractivity contribution in [2.75, 3.05) is 7.11 Å². The minimum Gasteiger partial charge on any atom is -0.480 e. The number of nitrogens with zero attached hydrogens (tertiary/aromatic N) is 2. The predicted molar refractivity (Wildman–Crippen MR) is 89.2 cm³/mol.